The molecule has 6 nitrogen and oxygen atoms in total. The molecule has 2 amide bonds. The molecule has 0 bridgehead atoms. The number of halogens is 3. The quantitative estimate of drug-likeness (QED) is 0.270. The highest BCUT2D eigenvalue weighted by molar-refractivity contribution is 6.76. The zero-order valence-electron chi connectivity index (χ0n) is 20.9. The third kappa shape index (κ3) is 6.01. The van der Waals surface area contributed by atoms with Crippen LogP contribution in [-0.4, -0.2) is 51.7 Å². The van der Waals surface area contributed by atoms with Gasteiger partial charge in [-0.1, -0.05) is 57.5 Å². The molecule has 1 aromatic carbocycles. The van der Waals surface area contributed by atoms with E-state index < -0.39 is 31.8 Å². The van der Waals surface area contributed by atoms with Gasteiger partial charge in [0.1, 0.15) is 6.73 Å². The SMILES string of the molecule is CC(C)COC(=O)N1c2ccccc2N(COCC[Si](C)(C)C)C(=O)C1(C#CC1CC1)C(F)(F)F. The third-order valence-corrected chi connectivity index (χ3v) is 7.39. The number of amides is 2. The second-order valence-corrected chi connectivity index (χ2v) is 16.2. The van der Waals surface area contributed by atoms with Crippen molar-refractivity contribution >= 4 is 31.4 Å². The number of nitrogens with zero attached hydrogens (tertiary/aromatic N) is 2. The highest BCUT2D eigenvalue weighted by Crippen LogP contribution is 2.48. The van der Waals surface area contributed by atoms with Crippen LogP contribution in [0.1, 0.15) is 26.7 Å². The Balaban J connectivity index is 2.11. The number of anilines is 2. The van der Waals surface area contributed by atoms with E-state index in [2.05, 4.69) is 31.5 Å². The zero-order valence-corrected chi connectivity index (χ0v) is 21.9. The molecule has 1 atom stereocenters. The largest absolute Gasteiger partial charge is 0.449 e. The monoisotopic (exact) mass is 510 g/mol. The maximum atomic E-state index is 14.9. The first-order valence-corrected chi connectivity index (χ1v) is 15.5. The van der Waals surface area contributed by atoms with E-state index in [0.29, 0.717) is 24.3 Å². The minimum absolute atomic E-state index is 0.0980. The Labute approximate surface area is 205 Å². The fraction of sp³-hybridized carbons (Fsp3) is 0.600. The van der Waals surface area contributed by atoms with Gasteiger partial charge in [0.15, 0.2) is 0 Å². The molecule has 192 valence electrons. The highest BCUT2D eigenvalue weighted by Gasteiger charge is 2.69. The molecule has 0 radical (unpaired) electrons. The lowest BCUT2D eigenvalue weighted by Crippen LogP contribution is -2.71. The topological polar surface area (TPSA) is 59.1 Å². The summed E-state index contributed by atoms with van der Waals surface area (Å²) >= 11 is 0. The number of rotatable bonds is 7. The lowest BCUT2D eigenvalue weighted by molar-refractivity contribution is -0.178. The van der Waals surface area contributed by atoms with Crippen LogP contribution >= 0.6 is 0 Å². The van der Waals surface area contributed by atoms with E-state index in [1.165, 1.54) is 18.2 Å². The van der Waals surface area contributed by atoms with Crippen molar-refractivity contribution in [2.75, 3.05) is 29.7 Å². The molecular weight excluding hydrogens is 477 g/mol. The summed E-state index contributed by atoms with van der Waals surface area (Å²) in [6, 6.07) is 6.75. The summed E-state index contributed by atoms with van der Waals surface area (Å²) in [6.45, 7) is 9.84. The average Bonchev–Trinajstić information content (AvgIpc) is 3.57. The lowest BCUT2D eigenvalue weighted by Gasteiger charge is -2.46. The minimum atomic E-state index is -5.19. The first kappa shape index (κ1) is 27.1. The van der Waals surface area contributed by atoms with Crippen molar-refractivity contribution in [3.63, 3.8) is 0 Å². The molecule has 0 spiro atoms. The van der Waals surface area contributed by atoms with Crippen LogP contribution in [0.2, 0.25) is 25.7 Å². The smallest absolute Gasteiger partial charge is 0.433 e. The fourth-order valence-corrected chi connectivity index (χ4v) is 4.28. The molecule has 0 N–H and O–H groups in total. The number of fused-ring (bicyclic) bond motifs is 1. The molecule has 0 aromatic heterocycles. The number of hydrogen-bond donors (Lipinski definition) is 0. The van der Waals surface area contributed by atoms with E-state index in [0.717, 1.165) is 10.9 Å². The third-order valence-electron chi connectivity index (χ3n) is 5.69. The van der Waals surface area contributed by atoms with Gasteiger partial charge in [0.2, 0.25) is 0 Å². The van der Waals surface area contributed by atoms with Gasteiger partial charge in [-0.15, -0.1) is 0 Å². The van der Waals surface area contributed by atoms with Crippen LogP contribution in [0.5, 0.6) is 0 Å². The first-order valence-electron chi connectivity index (χ1n) is 11.8. The molecule has 3 rings (SSSR count). The summed E-state index contributed by atoms with van der Waals surface area (Å²) in [5.74, 6) is 3.09. The van der Waals surface area contributed by atoms with Gasteiger partial charge in [0.05, 0.1) is 18.0 Å². The number of benzene rings is 1. The van der Waals surface area contributed by atoms with Gasteiger partial charge in [0, 0.05) is 20.6 Å². The van der Waals surface area contributed by atoms with Crippen molar-refractivity contribution < 1.29 is 32.2 Å². The summed E-state index contributed by atoms with van der Waals surface area (Å²) in [4.78, 5) is 28.2. The van der Waals surface area contributed by atoms with Crippen LogP contribution in [0.4, 0.5) is 29.3 Å². The summed E-state index contributed by atoms with van der Waals surface area (Å²) in [6.07, 6.45) is -5.13. The summed E-state index contributed by atoms with van der Waals surface area (Å²) in [5, 5.41) is 0. The maximum Gasteiger partial charge on any atom is 0.433 e. The summed E-state index contributed by atoms with van der Waals surface area (Å²) in [7, 11) is -1.45. The van der Waals surface area contributed by atoms with Crippen molar-refractivity contribution in [1.82, 2.24) is 0 Å². The van der Waals surface area contributed by atoms with Gasteiger partial charge >= 0.3 is 12.3 Å². The van der Waals surface area contributed by atoms with Crippen molar-refractivity contribution in [1.29, 1.82) is 0 Å². The molecule has 1 aromatic rings. The standard InChI is InChI=1S/C25H33F3N2O4Si/c1-18(2)16-34-23(32)30-21-9-7-6-8-20(21)29(17-33-14-15-35(3,4)5)22(31)24(30,25(26,27)28)13-12-19-10-11-19/h6-9,18-19H,10-11,14-17H2,1-5H3. The van der Waals surface area contributed by atoms with Crippen LogP contribution in [0.15, 0.2) is 24.3 Å². The Morgan fingerprint density at radius 2 is 1.83 bits per heavy atom. The fourth-order valence-electron chi connectivity index (χ4n) is 3.53. The highest BCUT2D eigenvalue weighted by atomic mass is 28.3. The van der Waals surface area contributed by atoms with Crippen LogP contribution in [0.3, 0.4) is 0 Å². The zero-order chi connectivity index (χ0) is 26.0. The van der Waals surface area contributed by atoms with E-state index in [1.807, 2.05) is 0 Å². The Bertz CT molecular complexity index is 1010. The molecule has 0 saturated heterocycles. The average molecular weight is 511 g/mol. The molecule has 1 aliphatic carbocycles. The first-order chi connectivity index (χ1) is 16.3. The van der Waals surface area contributed by atoms with Gasteiger partial charge in [-0.2, -0.15) is 13.2 Å². The number of alkyl halides is 3. The summed E-state index contributed by atoms with van der Waals surface area (Å²) < 4.78 is 55.6. The molecule has 1 saturated carbocycles. The number of carbonyl (C=O) groups is 2. The van der Waals surface area contributed by atoms with Gasteiger partial charge in [-0.05, 0) is 36.9 Å². The Hall–Kier alpha value is -2.51. The molecule has 2 aliphatic rings. The Morgan fingerprint density at radius 3 is 2.37 bits per heavy atom. The van der Waals surface area contributed by atoms with E-state index >= 15 is 0 Å². The minimum Gasteiger partial charge on any atom is -0.449 e. The van der Waals surface area contributed by atoms with Crippen LogP contribution in [0.25, 0.3) is 0 Å². The molecule has 10 heteroatoms. The van der Waals surface area contributed by atoms with E-state index in [4.69, 9.17) is 9.47 Å². The normalized spacial score (nSPS) is 20.4. The van der Waals surface area contributed by atoms with Crippen molar-refractivity contribution in [3.05, 3.63) is 24.3 Å². The molecule has 1 unspecified atom stereocenters. The predicted octanol–water partition coefficient (Wildman–Crippen LogP) is 5.66. The number of hydrogen-bond acceptors (Lipinski definition) is 4. The van der Waals surface area contributed by atoms with Crippen LogP contribution in [-0.2, 0) is 14.3 Å². The second-order valence-electron chi connectivity index (χ2n) is 10.6. The van der Waals surface area contributed by atoms with Gasteiger partial charge < -0.3 is 9.47 Å². The van der Waals surface area contributed by atoms with Crippen molar-refractivity contribution in [2.24, 2.45) is 11.8 Å². The number of ether oxygens (including phenoxy) is 2. The Kier molecular flexibility index (Phi) is 7.92. The molecule has 1 fully saturated rings. The van der Waals surface area contributed by atoms with Gasteiger partial charge in [-0.3, -0.25) is 9.69 Å². The number of para-hydroxylation sites is 2. The van der Waals surface area contributed by atoms with Crippen LogP contribution < -0.4 is 9.80 Å². The van der Waals surface area contributed by atoms with Crippen molar-refractivity contribution in [3.8, 4) is 11.8 Å². The second kappa shape index (κ2) is 10.2. The molecular formula is C25H33F3N2O4Si. The Morgan fingerprint density at radius 1 is 1.20 bits per heavy atom. The van der Waals surface area contributed by atoms with Crippen LogP contribution in [0, 0.1) is 23.7 Å². The predicted molar refractivity (Wildman–Crippen MR) is 131 cm³/mol. The van der Waals surface area contributed by atoms with Crippen molar-refractivity contribution in [2.45, 2.75) is 64.1 Å². The summed E-state index contributed by atoms with van der Waals surface area (Å²) in [5.41, 5.74) is -3.38. The van der Waals surface area contributed by atoms with Gasteiger partial charge in [0.25, 0.3) is 11.4 Å². The lowest BCUT2D eigenvalue weighted by atomic mass is 9.90. The van der Waals surface area contributed by atoms with E-state index in [1.54, 1.807) is 19.9 Å². The van der Waals surface area contributed by atoms with E-state index in [9.17, 15) is 22.8 Å². The molecule has 1 heterocycles. The number of carbonyl (C=O) groups excluding carboxylic acids is 2. The molecule has 35 heavy (non-hydrogen) atoms. The van der Waals surface area contributed by atoms with Gasteiger partial charge in [-0.25, -0.2) is 9.69 Å². The van der Waals surface area contributed by atoms with E-state index in [-0.39, 0.29) is 36.5 Å². The maximum absolute atomic E-state index is 14.9. The molecule has 1 aliphatic heterocycles.